The van der Waals surface area contributed by atoms with Crippen molar-refractivity contribution < 1.29 is 9.13 Å². The second-order valence-corrected chi connectivity index (χ2v) is 4.00. The van der Waals surface area contributed by atoms with Gasteiger partial charge >= 0.3 is 0 Å². The van der Waals surface area contributed by atoms with Gasteiger partial charge in [0.15, 0.2) is 0 Å². The van der Waals surface area contributed by atoms with Crippen molar-refractivity contribution in [3.8, 4) is 5.75 Å². The van der Waals surface area contributed by atoms with Gasteiger partial charge in [-0.25, -0.2) is 4.39 Å². The Balaban J connectivity index is 2.04. The lowest BCUT2D eigenvalue weighted by Gasteiger charge is -2.08. The Morgan fingerprint density at radius 2 is 1.82 bits per heavy atom. The van der Waals surface area contributed by atoms with E-state index in [0.29, 0.717) is 23.1 Å². The number of halogens is 2. The molecule has 0 bridgehead atoms. The molecule has 88 valence electrons. The highest BCUT2D eigenvalue weighted by molar-refractivity contribution is 6.31. The molecule has 0 saturated carbocycles. The van der Waals surface area contributed by atoms with E-state index >= 15 is 0 Å². The highest BCUT2D eigenvalue weighted by Crippen LogP contribution is 2.21. The third kappa shape index (κ3) is 3.11. The lowest BCUT2D eigenvalue weighted by molar-refractivity contribution is 0.306. The number of nitrogens with two attached hydrogens (primary N) is 1. The fourth-order valence-electron chi connectivity index (χ4n) is 1.37. The molecule has 2 nitrogen and oxygen atoms in total. The molecule has 4 heteroatoms. The predicted octanol–water partition coefficient (Wildman–Crippen LogP) is 3.64. The van der Waals surface area contributed by atoms with Crippen molar-refractivity contribution >= 4 is 17.3 Å². The Kier molecular flexibility index (Phi) is 3.49. The zero-order chi connectivity index (χ0) is 12.3. The van der Waals surface area contributed by atoms with Crippen molar-refractivity contribution in [2.75, 3.05) is 5.73 Å². The highest BCUT2D eigenvalue weighted by Gasteiger charge is 2.02. The molecule has 0 atom stereocenters. The average Bonchev–Trinajstić information content (AvgIpc) is 2.30. The topological polar surface area (TPSA) is 35.2 Å². The van der Waals surface area contributed by atoms with Crippen LogP contribution in [0.4, 0.5) is 10.1 Å². The first-order valence-corrected chi connectivity index (χ1v) is 5.45. The molecule has 0 spiro atoms. The zero-order valence-electron chi connectivity index (χ0n) is 8.99. The summed E-state index contributed by atoms with van der Waals surface area (Å²) in [6.45, 7) is 0.324. The van der Waals surface area contributed by atoms with E-state index in [1.807, 2.05) is 0 Å². The average molecular weight is 252 g/mol. The Labute approximate surface area is 104 Å². The molecule has 0 aliphatic carbocycles. The molecule has 0 aliphatic rings. The minimum absolute atomic E-state index is 0.289. The van der Waals surface area contributed by atoms with Gasteiger partial charge in [0.25, 0.3) is 0 Å². The van der Waals surface area contributed by atoms with Crippen molar-refractivity contribution in [1.82, 2.24) is 0 Å². The summed E-state index contributed by atoms with van der Waals surface area (Å²) >= 11 is 6.00. The number of hydrogen-bond donors (Lipinski definition) is 1. The normalized spacial score (nSPS) is 10.2. The molecular formula is C13H11ClFNO. The maximum absolute atomic E-state index is 12.7. The van der Waals surface area contributed by atoms with E-state index in [-0.39, 0.29) is 5.82 Å². The number of rotatable bonds is 3. The number of nitrogen functional groups attached to an aromatic ring is 1. The van der Waals surface area contributed by atoms with Crippen molar-refractivity contribution in [3.63, 3.8) is 0 Å². The molecule has 0 unspecified atom stereocenters. The van der Waals surface area contributed by atoms with Gasteiger partial charge in [-0.15, -0.1) is 0 Å². The molecule has 0 amide bonds. The lowest BCUT2D eigenvalue weighted by atomic mass is 10.2. The number of benzene rings is 2. The largest absolute Gasteiger partial charge is 0.489 e. The fraction of sp³-hybridized carbons (Fsp3) is 0.0769. The molecule has 0 saturated heterocycles. The van der Waals surface area contributed by atoms with Crippen LogP contribution in [0.15, 0.2) is 42.5 Å². The SMILES string of the molecule is Nc1ccc(COc2ccc(F)cc2)c(Cl)c1. The van der Waals surface area contributed by atoms with Crippen LogP contribution in [-0.4, -0.2) is 0 Å². The van der Waals surface area contributed by atoms with Gasteiger partial charge in [0, 0.05) is 16.3 Å². The monoisotopic (exact) mass is 251 g/mol. The molecular weight excluding hydrogens is 241 g/mol. The molecule has 0 heterocycles. The van der Waals surface area contributed by atoms with Crippen LogP contribution in [0.3, 0.4) is 0 Å². The Bertz CT molecular complexity index is 513. The minimum Gasteiger partial charge on any atom is -0.489 e. The first-order chi connectivity index (χ1) is 8.15. The Morgan fingerprint density at radius 3 is 2.47 bits per heavy atom. The van der Waals surface area contributed by atoms with Crippen LogP contribution < -0.4 is 10.5 Å². The van der Waals surface area contributed by atoms with Crippen LogP contribution in [0, 0.1) is 5.82 Å². The van der Waals surface area contributed by atoms with Crippen molar-refractivity contribution in [2.24, 2.45) is 0 Å². The summed E-state index contributed by atoms with van der Waals surface area (Å²) in [5.74, 6) is 0.308. The van der Waals surface area contributed by atoms with Crippen LogP contribution in [0.2, 0.25) is 5.02 Å². The van der Waals surface area contributed by atoms with E-state index in [1.165, 1.54) is 12.1 Å². The minimum atomic E-state index is -0.289. The van der Waals surface area contributed by atoms with E-state index in [0.717, 1.165) is 5.56 Å². The van der Waals surface area contributed by atoms with E-state index in [9.17, 15) is 4.39 Å². The molecule has 0 radical (unpaired) electrons. The van der Waals surface area contributed by atoms with Crippen molar-refractivity contribution in [2.45, 2.75) is 6.61 Å². The number of ether oxygens (including phenoxy) is 1. The Hall–Kier alpha value is -1.74. The molecule has 2 rings (SSSR count). The van der Waals surface area contributed by atoms with E-state index < -0.39 is 0 Å². The molecule has 0 fully saturated rings. The van der Waals surface area contributed by atoms with Gasteiger partial charge in [-0.1, -0.05) is 17.7 Å². The van der Waals surface area contributed by atoms with Crippen LogP contribution in [0.1, 0.15) is 5.56 Å². The quantitative estimate of drug-likeness (QED) is 0.846. The van der Waals surface area contributed by atoms with Crippen LogP contribution in [-0.2, 0) is 6.61 Å². The fourth-order valence-corrected chi connectivity index (χ4v) is 1.62. The third-order valence-electron chi connectivity index (χ3n) is 2.29. The van der Waals surface area contributed by atoms with Gasteiger partial charge in [-0.2, -0.15) is 0 Å². The summed E-state index contributed by atoms with van der Waals surface area (Å²) in [5.41, 5.74) is 7.03. The summed E-state index contributed by atoms with van der Waals surface area (Å²) in [5, 5.41) is 0.562. The standard InChI is InChI=1S/C13H11ClFNO/c14-13-7-11(16)4-1-9(13)8-17-12-5-2-10(15)3-6-12/h1-7H,8,16H2. The molecule has 0 aliphatic heterocycles. The molecule has 2 aromatic carbocycles. The first kappa shape index (κ1) is 11.7. The van der Waals surface area contributed by atoms with Gasteiger partial charge in [-0.05, 0) is 36.4 Å². The predicted molar refractivity (Wildman–Crippen MR) is 66.6 cm³/mol. The van der Waals surface area contributed by atoms with Gasteiger partial charge in [-0.3, -0.25) is 0 Å². The van der Waals surface area contributed by atoms with Gasteiger partial charge in [0.1, 0.15) is 18.2 Å². The summed E-state index contributed by atoms with van der Waals surface area (Å²) in [7, 11) is 0. The molecule has 2 aromatic rings. The molecule has 2 N–H and O–H groups in total. The number of anilines is 1. The Morgan fingerprint density at radius 1 is 1.12 bits per heavy atom. The van der Waals surface area contributed by atoms with Gasteiger partial charge < -0.3 is 10.5 Å². The number of hydrogen-bond acceptors (Lipinski definition) is 2. The molecule has 17 heavy (non-hydrogen) atoms. The summed E-state index contributed by atoms with van der Waals surface area (Å²) < 4.78 is 18.1. The van der Waals surface area contributed by atoms with Gasteiger partial charge in [0.2, 0.25) is 0 Å². The second-order valence-electron chi connectivity index (χ2n) is 3.59. The maximum atomic E-state index is 12.7. The van der Waals surface area contributed by atoms with Crippen molar-refractivity contribution in [3.05, 3.63) is 58.9 Å². The smallest absolute Gasteiger partial charge is 0.123 e. The van der Waals surface area contributed by atoms with E-state index in [4.69, 9.17) is 22.1 Å². The first-order valence-electron chi connectivity index (χ1n) is 5.07. The van der Waals surface area contributed by atoms with Crippen molar-refractivity contribution in [1.29, 1.82) is 0 Å². The molecule has 0 aromatic heterocycles. The highest BCUT2D eigenvalue weighted by atomic mass is 35.5. The zero-order valence-corrected chi connectivity index (χ0v) is 9.75. The van der Waals surface area contributed by atoms with E-state index in [2.05, 4.69) is 0 Å². The second kappa shape index (κ2) is 5.06. The summed E-state index contributed by atoms with van der Waals surface area (Å²) in [6, 6.07) is 11.1. The summed E-state index contributed by atoms with van der Waals surface area (Å²) in [6.07, 6.45) is 0. The van der Waals surface area contributed by atoms with Crippen LogP contribution >= 0.6 is 11.6 Å². The van der Waals surface area contributed by atoms with Crippen LogP contribution in [0.5, 0.6) is 5.75 Å². The summed E-state index contributed by atoms with van der Waals surface area (Å²) in [4.78, 5) is 0. The third-order valence-corrected chi connectivity index (χ3v) is 2.64. The van der Waals surface area contributed by atoms with Gasteiger partial charge in [0.05, 0.1) is 0 Å². The lowest BCUT2D eigenvalue weighted by Crippen LogP contribution is -1.97. The van der Waals surface area contributed by atoms with E-state index in [1.54, 1.807) is 30.3 Å². The maximum Gasteiger partial charge on any atom is 0.123 e. The van der Waals surface area contributed by atoms with Crippen LogP contribution in [0.25, 0.3) is 0 Å².